The van der Waals surface area contributed by atoms with Crippen LogP contribution in [0.1, 0.15) is 6.42 Å². The Balaban J connectivity index is 2.03. The lowest BCUT2D eigenvalue weighted by Gasteiger charge is -2.21. The van der Waals surface area contributed by atoms with Crippen molar-refractivity contribution in [1.29, 1.82) is 0 Å². The van der Waals surface area contributed by atoms with Crippen molar-refractivity contribution in [2.45, 2.75) is 6.42 Å². The molecule has 0 unspecified atom stereocenters. The fraction of sp³-hybridized carbons (Fsp3) is 0.500. The zero-order valence-corrected chi connectivity index (χ0v) is 11.6. The number of aromatic nitrogens is 4. The Hall–Kier alpha value is -2.38. The summed E-state index contributed by atoms with van der Waals surface area (Å²) in [4.78, 5) is 31.7. The smallest absolute Gasteiger partial charge is 0.241 e. The van der Waals surface area contributed by atoms with Gasteiger partial charge in [-0.2, -0.15) is 9.97 Å². The molecule has 0 aromatic carbocycles. The van der Waals surface area contributed by atoms with Crippen molar-refractivity contribution in [3.05, 3.63) is 6.33 Å². The summed E-state index contributed by atoms with van der Waals surface area (Å²) < 4.78 is 0. The van der Waals surface area contributed by atoms with Crippen molar-refractivity contribution in [2.75, 3.05) is 43.9 Å². The average molecular weight is 275 g/mol. The van der Waals surface area contributed by atoms with Crippen LogP contribution < -0.4 is 10.2 Å². The second kappa shape index (κ2) is 4.95. The Labute approximate surface area is 116 Å². The number of nitrogens with one attached hydrogen (secondary N) is 2. The van der Waals surface area contributed by atoms with Crippen LogP contribution in [-0.4, -0.2) is 64.5 Å². The second-order valence-corrected chi connectivity index (χ2v) is 4.81. The summed E-state index contributed by atoms with van der Waals surface area (Å²) in [5.74, 6) is 1.32. The van der Waals surface area contributed by atoms with Gasteiger partial charge in [-0.05, 0) is 6.42 Å². The van der Waals surface area contributed by atoms with E-state index in [9.17, 15) is 4.79 Å². The highest BCUT2D eigenvalue weighted by atomic mass is 16.2. The van der Waals surface area contributed by atoms with Gasteiger partial charge >= 0.3 is 0 Å². The van der Waals surface area contributed by atoms with Crippen LogP contribution in [0.3, 0.4) is 0 Å². The predicted octanol–water partition coefficient (Wildman–Crippen LogP) is 0.0631. The summed E-state index contributed by atoms with van der Waals surface area (Å²) in [7, 11) is 3.59. The quantitative estimate of drug-likeness (QED) is 0.805. The normalized spacial score (nSPS) is 16.6. The van der Waals surface area contributed by atoms with E-state index in [0.717, 1.165) is 30.8 Å². The van der Waals surface area contributed by atoms with Gasteiger partial charge in [0.1, 0.15) is 5.52 Å². The molecule has 0 aliphatic carbocycles. The molecule has 0 radical (unpaired) electrons. The van der Waals surface area contributed by atoms with Gasteiger partial charge in [0.15, 0.2) is 11.5 Å². The molecule has 1 aliphatic rings. The maximum Gasteiger partial charge on any atom is 0.241 e. The van der Waals surface area contributed by atoms with Gasteiger partial charge in [-0.3, -0.25) is 4.79 Å². The van der Waals surface area contributed by atoms with Crippen LogP contribution >= 0.6 is 0 Å². The van der Waals surface area contributed by atoms with Crippen LogP contribution in [0.2, 0.25) is 0 Å². The number of carbonyl (C=O) groups excluding carboxylic acids is 1. The van der Waals surface area contributed by atoms with Crippen molar-refractivity contribution >= 4 is 28.8 Å². The number of likely N-dealkylation sites (N-methyl/N-ethyl adjacent to an activating group) is 1. The highest BCUT2D eigenvalue weighted by Crippen LogP contribution is 2.23. The Morgan fingerprint density at radius 3 is 3.00 bits per heavy atom. The lowest BCUT2D eigenvalue weighted by atomic mass is 10.3. The van der Waals surface area contributed by atoms with E-state index in [1.807, 2.05) is 11.9 Å². The number of carbonyl (C=O) groups is 1. The van der Waals surface area contributed by atoms with Gasteiger partial charge in [-0.1, -0.05) is 0 Å². The molecule has 0 bridgehead atoms. The monoisotopic (exact) mass is 275 g/mol. The summed E-state index contributed by atoms with van der Waals surface area (Å²) >= 11 is 0. The Bertz CT molecular complexity index is 638. The van der Waals surface area contributed by atoms with Crippen molar-refractivity contribution in [3.63, 3.8) is 0 Å². The standard InChI is InChI=1S/C12H17N7O/c1-13-12-16-10-9(14-7-15-10)11(17-12)19-5-3-4-18(2)8(20)6-19/h7H,3-6H2,1-2H3,(H2,13,14,15,16,17). The molecule has 0 atom stereocenters. The first-order valence-corrected chi connectivity index (χ1v) is 6.57. The highest BCUT2D eigenvalue weighted by molar-refractivity contribution is 5.88. The number of hydrogen-bond acceptors (Lipinski definition) is 6. The zero-order chi connectivity index (χ0) is 14.1. The third-order valence-electron chi connectivity index (χ3n) is 3.46. The molecule has 0 saturated carbocycles. The van der Waals surface area contributed by atoms with Crippen LogP contribution in [0.5, 0.6) is 0 Å². The molecule has 1 fully saturated rings. The van der Waals surface area contributed by atoms with Gasteiger partial charge in [0.25, 0.3) is 0 Å². The van der Waals surface area contributed by atoms with Gasteiger partial charge in [-0.15, -0.1) is 0 Å². The number of imidazole rings is 1. The van der Waals surface area contributed by atoms with E-state index in [1.165, 1.54) is 0 Å². The first-order chi connectivity index (χ1) is 9.69. The molecule has 2 aromatic rings. The lowest BCUT2D eigenvalue weighted by Crippen LogP contribution is -2.35. The van der Waals surface area contributed by atoms with Gasteiger partial charge in [0.2, 0.25) is 11.9 Å². The van der Waals surface area contributed by atoms with Crippen LogP contribution in [0.4, 0.5) is 11.8 Å². The molecule has 2 N–H and O–H groups in total. The molecule has 2 aromatic heterocycles. The van der Waals surface area contributed by atoms with Crippen molar-refractivity contribution in [3.8, 4) is 0 Å². The molecule has 0 spiro atoms. The van der Waals surface area contributed by atoms with Crippen LogP contribution in [-0.2, 0) is 4.79 Å². The Morgan fingerprint density at radius 2 is 2.20 bits per heavy atom. The minimum Gasteiger partial charge on any atom is -0.357 e. The average Bonchev–Trinajstić information content (AvgIpc) is 2.86. The largest absolute Gasteiger partial charge is 0.357 e. The van der Waals surface area contributed by atoms with E-state index < -0.39 is 0 Å². The van der Waals surface area contributed by atoms with Gasteiger partial charge in [0, 0.05) is 27.2 Å². The van der Waals surface area contributed by atoms with E-state index in [-0.39, 0.29) is 5.91 Å². The molecule has 8 heteroatoms. The maximum atomic E-state index is 12.0. The second-order valence-electron chi connectivity index (χ2n) is 4.81. The highest BCUT2D eigenvalue weighted by Gasteiger charge is 2.23. The predicted molar refractivity (Wildman–Crippen MR) is 75.7 cm³/mol. The first-order valence-electron chi connectivity index (χ1n) is 6.57. The first kappa shape index (κ1) is 12.6. The third kappa shape index (κ3) is 2.13. The van der Waals surface area contributed by atoms with Gasteiger partial charge in [-0.25, -0.2) is 4.98 Å². The minimum absolute atomic E-state index is 0.0970. The van der Waals surface area contributed by atoms with E-state index >= 15 is 0 Å². The Kier molecular flexibility index (Phi) is 3.13. The van der Waals surface area contributed by atoms with E-state index in [0.29, 0.717) is 18.1 Å². The van der Waals surface area contributed by atoms with Crippen molar-refractivity contribution in [1.82, 2.24) is 24.8 Å². The zero-order valence-electron chi connectivity index (χ0n) is 11.6. The minimum atomic E-state index is 0.0970. The fourth-order valence-electron chi connectivity index (χ4n) is 2.33. The molecule has 106 valence electrons. The molecular formula is C12H17N7O. The molecular weight excluding hydrogens is 258 g/mol. The molecule has 1 saturated heterocycles. The molecule has 20 heavy (non-hydrogen) atoms. The van der Waals surface area contributed by atoms with E-state index in [2.05, 4.69) is 25.3 Å². The fourth-order valence-corrected chi connectivity index (χ4v) is 2.33. The maximum absolute atomic E-state index is 12.0. The third-order valence-corrected chi connectivity index (χ3v) is 3.46. The molecule has 1 aliphatic heterocycles. The summed E-state index contributed by atoms with van der Waals surface area (Å²) in [5, 5.41) is 2.93. The topological polar surface area (TPSA) is 90.0 Å². The van der Waals surface area contributed by atoms with E-state index in [1.54, 1.807) is 18.3 Å². The van der Waals surface area contributed by atoms with Crippen molar-refractivity contribution < 1.29 is 4.79 Å². The molecule has 8 nitrogen and oxygen atoms in total. The van der Waals surface area contributed by atoms with Crippen LogP contribution in [0, 0.1) is 0 Å². The number of rotatable bonds is 2. The number of aromatic amines is 1. The molecule has 3 heterocycles. The number of H-pyrrole nitrogens is 1. The number of nitrogens with zero attached hydrogens (tertiary/aromatic N) is 5. The van der Waals surface area contributed by atoms with Gasteiger partial charge in [0.05, 0.1) is 12.9 Å². The number of fused-ring (bicyclic) bond motifs is 1. The summed E-state index contributed by atoms with van der Waals surface area (Å²) in [6.45, 7) is 1.88. The lowest BCUT2D eigenvalue weighted by molar-refractivity contribution is -0.127. The molecule has 1 amide bonds. The van der Waals surface area contributed by atoms with E-state index in [4.69, 9.17) is 0 Å². The SMILES string of the molecule is CNc1nc(N2CCCN(C)C(=O)C2)c2[nH]cnc2n1. The summed E-state index contributed by atoms with van der Waals surface area (Å²) in [6.07, 6.45) is 2.50. The number of anilines is 2. The summed E-state index contributed by atoms with van der Waals surface area (Å²) in [5.41, 5.74) is 1.37. The summed E-state index contributed by atoms with van der Waals surface area (Å²) in [6, 6.07) is 0. The van der Waals surface area contributed by atoms with Crippen LogP contribution in [0.25, 0.3) is 11.2 Å². The molecule has 3 rings (SSSR count). The van der Waals surface area contributed by atoms with Crippen LogP contribution in [0.15, 0.2) is 6.33 Å². The Morgan fingerprint density at radius 1 is 1.35 bits per heavy atom. The van der Waals surface area contributed by atoms with Crippen molar-refractivity contribution in [2.24, 2.45) is 0 Å². The number of hydrogen-bond donors (Lipinski definition) is 2. The number of amides is 1. The van der Waals surface area contributed by atoms with Gasteiger partial charge < -0.3 is 20.1 Å².